The van der Waals surface area contributed by atoms with Crippen LogP contribution in [0.5, 0.6) is 0 Å². The summed E-state index contributed by atoms with van der Waals surface area (Å²) in [6.07, 6.45) is 0.0663. The Labute approximate surface area is 195 Å². The first kappa shape index (κ1) is 21.7. The predicted octanol–water partition coefficient (Wildman–Crippen LogP) is 4.42. The van der Waals surface area contributed by atoms with Crippen LogP contribution >= 0.6 is 15.8 Å². The van der Waals surface area contributed by atoms with Crippen molar-refractivity contribution in [2.24, 2.45) is 0 Å². The summed E-state index contributed by atoms with van der Waals surface area (Å²) in [5.41, 5.74) is 0. The summed E-state index contributed by atoms with van der Waals surface area (Å²) in [4.78, 5) is 25.6. The van der Waals surface area contributed by atoms with Crippen molar-refractivity contribution in [1.29, 1.82) is 0 Å². The molecule has 4 aromatic carbocycles. The minimum absolute atomic E-state index is 0.0663. The summed E-state index contributed by atoms with van der Waals surface area (Å²) >= 11 is 0. The van der Waals surface area contributed by atoms with Crippen LogP contribution in [0.4, 0.5) is 0 Å². The van der Waals surface area contributed by atoms with E-state index in [-0.39, 0.29) is 6.42 Å². The number of cyclic esters (lactones) is 2. The van der Waals surface area contributed by atoms with Crippen molar-refractivity contribution in [2.75, 3.05) is 0 Å². The average Bonchev–Trinajstić information content (AvgIpc) is 3.15. The van der Waals surface area contributed by atoms with Gasteiger partial charge >= 0.3 is 11.9 Å². The number of benzene rings is 4. The third kappa shape index (κ3) is 4.04. The molecule has 0 aliphatic carbocycles. The largest absolute Gasteiger partial charge is 0.392 e. The van der Waals surface area contributed by atoms with E-state index < -0.39 is 32.7 Å². The van der Waals surface area contributed by atoms with Crippen molar-refractivity contribution in [2.45, 2.75) is 11.3 Å². The van der Waals surface area contributed by atoms with E-state index in [1.807, 2.05) is 72.8 Å². The monoisotopic (exact) mass is 468 g/mol. The van der Waals surface area contributed by atoms with Gasteiger partial charge in [0.1, 0.15) is 4.90 Å². The first-order chi connectivity index (χ1) is 16.2. The van der Waals surface area contributed by atoms with Crippen LogP contribution in [0, 0.1) is 0 Å². The van der Waals surface area contributed by atoms with Crippen molar-refractivity contribution in [3.05, 3.63) is 121 Å². The molecule has 0 unspecified atom stereocenters. The van der Waals surface area contributed by atoms with Gasteiger partial charge in [-0.15, -0.1) is 0 Å². The molecule has 4 aromatic rings. The van der Waals surface area contributed by atoms with Crippen molar-refractivity contribution in [3.63, 3.8) is 0 Å². The van der Waals surface area contributed by atoms with Crippen LogP contribution < -0.4 is 21.2 Å². The molecule has 0 bridgehead atoms. The summed E-state index contributed by atoms with van der Waals surface area (Å²) < 4.78 is 5.38. The first-order valence-electron chi connectivity index (χ1n) is 10.8. The molecule has 162 valence electrons. The second-order valence-electron chi connectivity index (χ2n) is 7.77. The lowest BCUT2D eigenvalue weighted by atomic mass is 10.3. The lowest BCUT2D eigenvalue weighted by Gasteiger charge is -2.41. The van der Waals surface area contributed by atoms with Gasteiger partial charge in [0.05, 0.1) is 6.42 Å². The fourth-order valence-corrected chi connectivity index (χ4v) is 11.8. The summed E-state index contributed by atoms with van der Waals surface area (Å²) in [6, 6.07) is 40.4. The molecule has 1 saturated heterocycles. The zero-order valence-electron chi connectivity index (χ0n) is 17.9. The number of esters is 2. The summed E-state index contributed by atoms with van der Waals surface area (Å²) in [5.74, 6) is -0.858. The molecule has 0 aromatic heterocycles. The first-order valence-corrected chi connectivity index (χ1v) is 13.4. The molecular weight excluding hydrogens is 446 g/mol. The van der Waals surface area contributed by atoms with E-state index in [9.17, 15) is 9.59 Å². The molecule has 5 rings (SSSR count). The summed E-state index contributed by atoms with van der Waals surface area (Å²) in [7, 11) is -2.51. The van der Waals surface area contributed by atoms with E-state index in [1.165, 1.54) is 0 Å². The smallest absolute Gasteiger partial charge is 0.330 e. The van der Waals surface area contributed by atoms with Crippen LogP contribution in [0.15, 0.2) is 121 Å². The zero-order chi connectivity index (χ0) is 22.7. The van der Waals surface area contributed by atoms with Gasteiger partial charge in [-0.3, -0.25) is 9.59 Å². The maximum absolute atomic E-state index is 13.9. The van der Waals surface area contributed by atoms with Crippen LogP contribution in [0.3, 0.4) is 0 Å². The quantitative estimate of drug-likeness (QED) is 0.239. The minimum Gasteiger partial charge on any atom is -0.392 e. The standard InChI is InChI=1S/C28H22O3P2/c29-26-21-28(27(30)31-26,32(22-13-5-1-6-14-22)23-15-7-2-8-16-23)33(24-17-9-3-10-18-24)25-19-11-4-12-20-25/h1-20H,21H2. The molecule has 1 aliphatic rings. The molecule has 1 fully saturated rings. The van der Waals surface area contributed by atoms with E-state index in [0.717, 1.165) is 21.2 Å². The second-order valence-corrected chi connectivity index (χ2v) is 13.1. The summed E-state index contributed by atoms with van der Waals surface area (Å²) in [6.45, 7) is 0. The lowest BCUT2D eigenvalue weighted by Crippen LogP contribution is -2.42. The van der Waals surface area contributed by atoms with E-state index in [4.69, 9.17) is 4.74 Å². The molecule has 3 nitrogen and oxygen atoms in total. The Bertz CT molecular complexity index is 1080. The zero-order valence-corrected chi connectivity index (χ0v) is 19.7. The predicted molar refractivity (Wildman–Crippen MR) is 137 cm³/mol. The van der Waals surface area contributed by atoms with Crippen LogP contribution in [0.2, 0.25) is 0 Å². The second kappa shape index (κ2) is 9.40. The highest BCUT2D eigenvalue weighted by Crippen LogP contribution is 2.68. The van der Waals surface area contributed by atoms with Crippen LogP contribution in [-0.4, -0.2) is 16.8 Å². The number of rotatable bonds is 6. The van der Waals surface area contributed by atoms with E-state index >= 15 is 0 Å². The summed E-state index contributed by atoms with van der Waals surface area (Å²) in [5, 5.41) is 4.24. The van der Waals surface area contributed by atoms with Gasteiger partial charge in [0.25, 0.3) is 0 Å². The molecule has 1 heterocycles. The van der Waals surface area contributed by atoms with Crippen molar-refractivity contribution in [3.8, 4) is 0 Å². The van der Waals surface area contributed by atoms with Gasteiger partial charge < -0.3 is 4.74 Å². The van der Waals surface area contributed by atoms with Crippen molar-refractivity contribution in [1.82, 2.24) is 0 Å². The fraction of sp³-hybridized carbons (Fsp3) is 0.0714. The van der Waals surface area contributed by atoms with Gasteiger partial charge in [0, 0.05) is 0 Å². The van der Waals surface area contributed by atoms with E-state index in [1.54, 1.807) is 0 Å². The lowest BCUT2D eigenvalue weighted by molar-refractivity contribution is -0.152. The Morgan fingerprint density at radius 2 is 0.818 bits per heavy atom. The molecule has 0 spiro atoms. The topological polar surface area (TPSA) is 43.4 Å². The number of carbonyl (C=O) groups is 2. The van der Waals surface area contributed by atoms with Gasteiger partial charge in [0.2, 0.25) is 0 Å². The van der Waals surface area contributed by atoms with Gasteiger partial charge in [-0.25, -0.2) is 0 Å². The molecule has 0 N–H and O–H groups in total. The molecular formula is C28H22O3P2. The Kier molecular flexibility index (Phi) is 6.18. The number of hydrogen-bond acceptors (Lipinski definition) is 3. The normalized spacial score (nSPS) is 15.1. The minimum atomic E-state index is -1.26. The molecule has 0 atom stereocenters. The third-order valence-electron chi connectivity index (χ3n) is 5.72. The van der Waals surface area contributed by atoms with Gasteiger partial charge in [-0.1, -0.05) is 121 Å². The maximum atomic E-state index is 13.9. The average molecular weight is 468 g/mol. The van der Waals surface area contributed by atoms with Gasteiger partial charge in [0.15, 0.2) is 0 Å². The van der Waals surface area contributed by atoms with Gasteiger partial charge in [-0.2, -0.15) is 0 Å². The van der Waals surface area contributed by atoms with Crippen molar-refractivity contribution >= 4 is 49.0 Å². The molecule has 1 aliphatic heterocycles. The molecule has 0 radical (unpaired) electrons. The Hall–Kier alpha value is -3.12. The molecule has 0 amide bonds. The fourth-order valence-electron chi connectivity index (χ4n) is 4.40. The Morgan fingerprint density at radius 3 is 1.06 bits per heavy atom. The highest BCUT2D eigenvalue weighted by molar-refractivity contribution is 7.92. The van der Waals surface area contributed by atoms with E-state index in [0.29, 0.717) is 0 Å². The highest BCUT2D eigenvalue weighted by atomic mass is 31.2. The van der Waals surface area contributed by atoms with Crippen LogP contribution in [-0.2, 0) is 14.3 Å². The van der Waals surface area contributed by atoms with Crippen molar-refractivity contribution < 1.29 is 14.3 Å². The molecule has 0 saturated carbocycles. The number of carbonyl (C=O) groups excluding carboxylic acids is 2. The Balaban J connectivity index is 1.84. The third-order valence-corrected chi connectivity index (χ3v) is 12.3. The SMILES string of the molecule is O=C1CC(P(c2ccccc2)c2ccccc2)(P(c2ccccc2)c2ccccc2)C(=O)O1. The van der Waals surface area contributed by atoms with Crippen LogP contribution in [0.25, 0.3) is 0 Å². The van der Waals surface area contributed by atoms with E-state index in [2.05, 4.69) is 48.5 Å². The number of hydrogen-bond donors (Lipinski definition) is 0. The highest BCUT2D eigenvalue weighted by Gasteiger charge is 2.60. The maximum Gasteiger partial charge on any atom is 0.330 e. The van der Waals surface area contributed by atoms with Gasteiger partial charge in [-0.05, 0) is 37.1 Å². The molecule has 5 heteroatoms. The van der Waals surface area contributed by atoms with Crippen LogP contribution in [0.1, 0.15) is 6.42 Å². The number of ether oxygens (including phenoxy) is 1. The molecule has 33 heavy (non-hydrogen) atoms. The Morgan fingerprint density at radius 1 is 0.515 bits per heavy atom.